The number of nitrogens with zero attached hydrogens (tertiary/aromatic N) is 1. The largest absolute Gasteiger partial charge is 0.508 e. The molecule has 0 saturated heterocycles. The molecule has 9 heteroatoms. The van der Waals surface area contributed by atoms with Crippen LogP contribution in [-0.4, -0.2) is 35.6 Å². The van der Waals surface area contributed by atoms with Crippen molar-refractivity contribution in [2.75, 3.05) is 0 Å². The molecule has 29 heavy (non-hydrogen) atoms. The summed E-state index contributed by atoms with van der Waals surface area (Å²) in [5.74, 6) is -4.40. The quantitative estimate of drug-likeness (QED) is 0.265. The van der Waals surface area contributed by atoms with Gasteiger partial charge in [0.25, 0.3) is 0 Å². The first-order valence-electron chi connectivity index (χ1n) is 8.11. The number of phenols is 5. The van der Waals surface area contributed by atoms with Crippen molar-refractivity contribution in [1.82, 2.24) is 4.98 Å². The molecule has 4 rings (SSSR count). The highest BCUT2D eigenvalue weighted by Gasteiger charge is 2.20. The fourth-order valence-corrected chi connectivity index (χ4v) is 2.52. The second kappa shape index (κ2) is 7.69. The number of rotatable bonds is 1. The van der Waals surface area contributed by atoms with Crippen molar-refractivity contribution >= 4 is 11.0 Å². The van der Waals surface area contributed by atoms with E-state index in [0.717, 1.165) is 24.3 Å². The molecule has 0 unspecified atom stereocenters. The molecule has 0 aliphatic heterocycles. The zero-order chi connectivity index (χ0) is 21.1. The zero-order valence-corrected chi connectivity index (χ0v) is 14.6. The van der Waals surface area contributed by atoms with E-state index in [1.54, 1.807) is 12.4 Å². The van der Waals surface area contributed by atoms with Gasteiger partial charge in [-0.15, -0.1) is 0 Å². The molecule has 0 atom stereocenters. The molecule has 2 heterocycles. The van der Waals surface area contributed by atoms with Gasteiger partial charge < -0.3 is 35.1 Å². The Labute approximate surface area is 162 Å². The number of phenolic OH excluding ortho intramolecular Hbond substituents is 5. The molecule has 0 amide bonds. The van der Waals surface area contributed by atoms with Crippen LogP contribution in [0.4, 0.5) is 0 Å². The summed E-state index contributed by atoms with van der Waals surface area (Å²) in [6.07, 6.45) is 3.50. The summed E-state index contributed by atoms with van der Waals surface area (Å²) in [5, 5.41) is 57.2. The maximum absolute atomic E-state index is 12.2. The number of hydrogen-bond donors (Lipinski definition) is 6. The van der Waals surface area contributed by atoms with Gasteiger partial charge >= 0.3 is 0 Å². The van der Waals surface area contributed by atoms with Crippen molar-refractivity contribution in [2.45, 2.75) is 0 Å². The number of hydrogen-bond acceptors (Lipinski definition) is 9. The lowest BCUT2D eigenvalue weighted by atomic mass is 10.1. The Morgan fingerprint density at radius 3 is 1.86 bits per heavy atom. The molecule has 0 saturated carbocycles. The van der Waals surface area contributed by atoms with Crippen LogP contribution < -0.4 is 5.43 Å². The fraction of sp³-hybridized carbons (Fsp3) is 0. The predicted molar refractivity (Wildman–Crippen MR) is 102 cm³/mol. The first kappa shape index (κ1) is 19.4. The summed E-state index contributed by atoms with van der Waals surface area (Å²) in [6, 6.07) is 9.60. The van der Waals surface area contributed by atoms with Gasteiger partial charge in [0.15, 0.2) is 23.0 Å². The maximum Gasteiger partial charge on any atom is 0.238 e. The molecular formula is C20H15NO8. The number of aromatic hydroxyl groups is 6. The van der Waals surface area contributed by atoms with Gasteiger partial charge in [-0.1, -0.05) is 6.07 Å². The van der Waals surface area contributed by atoms with E-state index in [0.29, 0.717) is 0 Å². The lowest BCUT2D eigenvalue weighted by Gasteiger charge is -2.09. The van der Waals surface area contributed by atoms with Crippen molar-refractivity contribution in [3.8, 4) is 45.8 Å². The zero-order valence-electron chi connectivity index (χ0n) is 14.6. The molecule has 6 N–H and O–H groups in total. The highest BCUT2D eigenvalue weighted by atomic mass is 16.4. The van der Waals surface area contributed by atoms with Gasteiger partial charge in [-0.3, -0.25) is 9.78 Å². The van der Waals surface area contributed by atoms with E-state index in [-0.39, 0.29) is 22.3 Å². The van der Waals surface area contributed by atoms with Crippen LogP contribution in [0.5, 0.6) is 34.5 Å². The van der Waals surface area contributed by atoms with Gasteiger partial charge in [-0.2, -0.15) is 0 Å². The van der Waals surface area contributed by atoms with Gasteiger partial charge in [0.05, 0.1) is 0 Å². The summed E-state index contributed by atoms with van der Waals surface area (Å²) in [5.41, 5.74) is -1.28. The number of fused-ring (bicyclic) bond motifs is 1. The van der Waals surface area contributed by atoms with Gasteiger partial charge in [0.1, 0.15) is 22.5 Å². The average Bonchev–Trinajstić information content (AvgIpc) is 2.69. The third-order valence-corrected chi connectivity index (χ3v) is 3.83. The van der Waals surface area contributed by atoms with Crippen molar-refractivity contribution in [1.29, 1.82) is 0 Å². The smallest absolute Gasteiger partial charge is 0.238 e. The SMILES string of the molecule is O=c1c(O)c(-c2cc(O)c(O)c(O)c2)oc2cc(O)cc(O)c12.c1ccncc1. The van der Waals surface area contributed by atoms with Gasteiger partial charge in [-0.25, -0.2) is 0 Å². The van der Waals surface area contributed by atoms with Crippen molar-refractivity contribution < 1.29 is 35.1 Å². The topological polar surface area (TPSA) is 164 Å². The lowest BCUT2D eigenvalue weighted by molar-refractivity contribution is 0.368. The third kappa shape index (κ3) is 3.83. The molecule has 2 aromatic heterocycles. The Morgan fingerprint density at radius 2 is 1.34 bits per heavy atom. The Kier molecular flexibility index (Phi) is 5.13. The second-order valence-electron chi connectivity index (χ2n) is 5.83. The monoisotopic (exact) mass is 397 g/mol. The summed E-state index contributed by atoms with van der Waals surface area (Å²) >= 11 is 0. The van der Waals surface area contributed by atoms with Crippen LogP contribution in [-0.2, 0) is 0 Å². The van der Waals surface area contributed by atoms with Crippen LogP contribution in [0.1, 0.15) is 0 Å². The van der Waals surface area contributed by atoms with Gasteiger partial charge in [-0.05, 0) is 24.3 Å². The van der Waals surface area contributed by atoms with E-state index >= 15 is 0 Å². The standard InChI is InChI=1S/C15H10O8.C5H5N/c16-6-3-7(17)11-10(4-6)23-15(14(22)13(11)21)5-1-8(18)12(20)9(19)2-5;1-2-4-6-5-3-1/h1-4,16-20,22H;1-5H. The van der Waals surface area contributed by atoms with Crippen LogP contribution in [0.3, 0.4) is 0 Å². The van der Waals surface area contributed by atoms with E-state index in [9.17, 15) is 35.4 Å². The minimum absolute atomic E-state index is 0.0999. The van der Waals surface area contributed by atoms with Crippen LogP contribution in [0.15, 0.2) is 64.1 Å². The fourth-order valence-electron chi connectivity index (χ4n) is 2.52. The van der Waals surface area contributed by atoms with Crippen molar-refractivity contribution in [3.05, 3.63) is 65.1 Å². The highest BCUT2D eigenvalue weighted by Crippen LogP contribution is 2.42. The number of benzene rings is 2. The van der Waals surface area contributed by atoms with Gasteiger partial charge in [0.2, 0.25) is 11.2 Å². The molecule has 0 spiro atoms. The van der Waals surface area contributed by atoms with Crippen LogP contribution in [0.2, 0.25) is 0 Å². The normalized spacial score (nSPS) is 10.3. The summed E-state index contributed by atoms with van der Waals surface area (Å²) in [7, 11) is 0. The molecule has 0 aliphatic carbocycles. The van der Waals surface area contributed by atoms with E-state index in [4.69, 9.17) is 4.42 Å². The summed E-state index contributed by atoms with van der Waals surface area (Å²) in [4.78, 5) is 16.0. The Bertz CT molecular complexity index is 1190. The molecule has 0 aliphatic rings. The number of aromatic nitrogens is 1. The minimum Gasteiger partial charge on any atom is -0.508 e. The minimum atomic E-state index is -0.967. The molecule has 0 radical (unpaired) electrons. The van der Waals surface area contributed by atoms with E-state index in [2.05, 4.69) is 4.98 Å². The van der Waals surface area contributed by atoms with Crippen LogP contribution >= 0.6 is 0 Å². The Morgan fingerprint density at radius 1 is 0.724 bits per heavy atom. The molecule has 0 bridgehead atoms. The number of pyridine rings is 1. The first-order valence-corrected chi connectivity index (χ1v) is 8.11. The molecule has 9 nitrogen and oxygen atoms in total. The highest BCUT2D eigenvalue weighted by molar-refractivity contribution is 5.88. The molecule has 2 aromatic carbocycles. The van der Waals surface area contributed by atoms with E-state index in [1.165, 1.54) is 0 Å². The lowest BCUT2D eigenvalue weighted by Crippen LogP contribution is -2.03. The van der Waals surface area contributed by atoms with E-state index < -0.39 is 39.9 Å². The maximum atomic E-state index is 12.2. The summed E-state index contributed by atoms with van der Waals surface area (Å²) in [6.45, 7) is 0. The van der Waals surface area contributed by atoms with E-state index in [1.807, 2.05) is 18.2 Å². The molecule has 0 fully saturated rings. The molecule has 148 valence electrons. The van der Waals surface area contributed by atoms with Gasteiger partial charge in [0, 0.05) is 30.1 Å². The Balaban J connectivity index is 0.000000343. The third-order valence-electron chi connectivity index (χ3n) is 3.83. The van der Waals surface area contributed by atoms with Crippen LogP contribution in [0, 0.1) is 0 Å². The average molecular weight is 397 g/mol. The molecular weight excluding hydrogens is 382 g/mol. The first-order chi connectivity index (χ1) is 13.8. The summed E-state index contributed by atoms with van der Waals surface area (Å²) < 4.78 is 5.30. The van der Waals surface area contributed by atoms with Crippen molar-refractivity contribution in [3.63, 3.8) is 0 Å². The predicted octanol–water partition coefficient (Wildman–Crippen LogP) is 2.78. The van der Waals surface area contributed by atoms with Crippen LogP contribution in [0.25, 0.3) is 22.3 Å². The second-order valence-corrected chi connectivity index (χ2v) is 5.83. The van der Waals surface area contributed by atoms with Crippen molar-refractivity contribution in [2.24, 2.45) is 0 Å². The Hall–Kier alpha value is -4.40. The molecule has 4 aromatic rings.